The van der Waals surface area contributed by atoms with Crippen molar-refractivity contribution in [3.63, 3.8) is 0 Å². The van der Waals surface area contributed by atoms with E-state index < -0.39 is 0 Å². The summed E-state index contributed by atoms with van der Waals surface area (Å²) in [5.41, 5.74) is 0.890. The Morgan fingerprint density at radius 2 is 1.84 bits per heavy atom. The molecule has 0 saturated heterocycles. The van der Waals surface area contributed by atoms with Gasteiger partial charge in [0.15, 0.2) is 0 Å². The van der Waals surface area contributed by atoms with Crippen LogP contribution in [0.1, 0.15) is 39.7 Å². The minimum absolute atomic E-state index is 0.189. The van der Waals surface area contributed by atoms with Crippen molar-refractivity contribution in [3.8, 4) is 0 Å². The van der Waals surface area contributed by atoms with Crippen LogP contribution in [0.5, 0.6) is 0 Å². The molecule has 3 heteroatoms. The van der Waals surface area contributed by atoms with Gasteiger partial charge in [0.1, 0.15) is 5.82 Å². The van der Waals surface area contributed by atoms with Crippen LogP contribution in [0.3, 0.4) is 0 Å². The van der Waals surface area contributed by atoms with Gasteiger partial charge in [-0.15, -0.1) is 0 Å². The second kappa shape index (κ2) is 7.61. The molecule has 0 aliphatic carbocycles. The van der Waals surface area contributed by atoms with Gasteiger partial charge in [0, 0.05) is 12.6 Å². The van der Waals surface area contributed by atoms with Gasteiger partial charge in [-0.25, -0.2) is 4.39 Å². The van der Waals surface area contributed by atoms with Crippen LogP contribution >= 0.6 is 0 Å². The highest BCUT2D eigenvalue weighted by Crippen LogP contribution is 2.19. The second-order valence-corrected chi connectivity index (χ2v) is 5.37. The molecule has 0 spiro atoms. The predicted octanol–water partition coefficient (Wildman–Crippen LogP) is 3.55. The highest BCUT2D eigenvalue weighted by molar-refractivity contribution is 5.18. The van der Waals surface area contributed by atoms with Gasteiger partial charge in [0.25, 0.3) is 0 Å². The molecule has 0 radical (unpaired) electrons. The third-order valence-corrected chi connectivity index (χ3v) is 3.35. The van der Waals surface area contributed by atoms with Gasteiger partial charge in [0.2, 0.25) is 0 Å². The lowest BCUT2D eigenvalue weighted by Gasteiger charge is -2.35. The van der Waals surface area contributed by atoms with E-state index in [9.17, 15) is 4.39 Å². The van der Waals surface area contributed by atoms with Gasteiger partial charge in [-0.05, 0) is 57.9 Å². The summed E-state index contributed by atoms with van der Waals surface area (Å²) < 4.78 is 18.8. The monoisotopic (exact) mass is 267 g/mol. The van der Waals surface area contributed by atoms with Crippen molar-refractivity contribution in [1.82, 2.24) is 5.32 Å². The van der Waals surface area contributed by atoms with E-state index in [-0.39, 0.29) is 17.5 Å². The van der Waals surface area contributed by atoms with E-state index in [1.165, 1.54) is 12.1 Å². The van der Waals surface area contributed by atoms with Crippen LogP contribution in [0, 0.1) is 5.82 Å². The lowest BCUT2D eigenvalue weighted by Crippen LogP contribution is -2.50. The van der Waals surface area contributed by atoms with Crippen LogP contribution in [0.15, 0.2) is 24.3 Å². The molecule has 0 aliphatic heterocycles. The molecule has 1 unspecified atom stereocenters. The number of rotatable bonds is 8. The molecule has 0 heterocycles. The third kappa shape index (κ3) is 5.29. The molecule has 1 N–H and O–H groups in total. The maximum atomic E-state index is 12.9. The Balaban J connectivity index is 2.76. The predicted molar refractivity (Wildman–Crippen MR) is 77.9 cm³/mol. The summed E-state index contributed by atoms with van der Waals surface area (Å²) >= 11 is 0. The fraction of sp³-hybridized carbons (Fsp3) is 0.625. The molecular formula is C16H26FNO. The maximum absolute atomic E-state index is 12.9. The second-order valence-electron chi connectivity index (χ2n) is 5.37. The van der Waals surface area contributed by atoms with Crippen molar-refractivity contribution >= 4 is 0 Å². The molecular weight excluding hydrogens is 241 g/mol. The molecule has 0 bridgehead atoms. The van der Waals surface area contributed by atoms with Gasteiger partial charge in [-0.2, -0.15) is 0 Å². The fourth-order valence-electron chi connectivity index (χ4n) is 2.21. The Bertz CT molecular complexity index is 362. The average Bonchev–Trinajstić information content (AvgIpc) is 2.36. The van der Waals surface area contributed by atoms with Gasteiger partial charge in [-0.3, -0.25) is 0 Å². The first-order valence-electron chi connectivity index (χ1n) is 7.11. The molecule has 0 saturated carbocycles. The highest BCUT2D eigenvalue weighted by Gasteiger charge is 2.29. The molecule has 108 valence electrons. The summed E-state index contributed by atoms with van der Waals surface area (Å²) in [6, 6.07) is 6.94. The average molecular weight is 267 g/mol. The van der Waals surface area contributed by atoms with E-state index in [4.69, 9.17) is 4.74 Å². The van der Waals surface area contributed by atoms with Crippen LogP contribution in [-0.4, -0.2) is 24.8 Å². The molecule has 19 heavy (non-hydrogen) atoms. The summed E-state index contributed by atoms with van der Waals surface area (Å²) in [7, 11) is 0. The Kier molecular flexibility index (Phi) is 6.46. The van der Waals surface area contributed by atoms with Crippen molar-refractivity contribution in [2.24, 2.45) is 0 Å². The minimum Gasteiger partial charge on any atom is -0.374 e. The van der Waals surface area contributed by atoms with Gasteiger partial charge in [-0.1, -0.05) is 19.1 Å². The van der Waals surface area contributed by atoms with E-state index >= 15 is 0 Å². The first-order valence-corrected chi connectivity index (χ1v) is 7.11. The van der Waals surface area contributed by atoms with E-state index in [1.54, 1.807) is 0 Å². The molecule has 1 rings (SSSR count). The lowest BCUT2D eigenvalue weighted by molar-refractivity contribution is -0.0379. The number of nitrogens with one attached hydrogen (secondary N) is 1. The third-order valence-electron chi connectivity index (χ3n) is 3.35. The summed E-state index contributed by atoms with van der Waals surface area (Å²) in [5.74, 6) is -0.189. The lowest BCUT2D eigenvalue weighted by atomic mass is 9.92. The summed E-state index contributed by atoms with van der Waals surface area (Å²) in [5, 5.41) is 3.54. The topological polar surface area (TPSA) is 21.3 Å². The summed E-state index contributed by atoms with van der Waals surface area (Å²) in [6.45, 7) is 10.0. The Hall–Kier alpha value is -0.930. The standard InChI is InChI=1S/C16H26FNO/c1-5-11-18-15(16(3,4)19-6-2)12-13-7-9-14(17)10-8-13/h7-10,15,18H,5-6,11-12H2,1-4H3. The SMILES string of the molecule is CCCNC(Cc1ccc(F)cc1)C(C)(C)OCC. The van der Waals surface area contributed by atoms with Gasteiger partial charge in [0.05, 0.1) is 5.60 Å². The molecule has 0 aromatic heterocycles. The number of halogens is 1. The van der Waals surface area contributed by atoms with Crippen molar-refractivity contribution in [1.29, 1.82) is 0 Å². The zero-order valence-corrected chi connectivity index (χ0v) is 12.5. The summed E-state index contributed by atoms with van der Waals surface area (Å²) in [6.07, 6.45) is 1.93. The normalized spacial score (nSPS) is 13.5. The van der Waals surface area contributed by atoms with E-state index in [2.05, 4.69) is 26.1 Å². The molecule has 2 nitrogen and oxygen atoms in total. The first kappa shape index (κ1) is 16.1. The zero-order valence-electron chi connectivity index (χ0n) is 12.5. The van der Waals surface area contributed by atoms with Gasteiger partial charge >= 0.3 is 0 Å². The van der Waals surface area contributed by atoms with Crippen molar-refractivity contribution in [2.45, 2.75) is 52.2 Å². The zero-order chi connectivity index (χ0) is 14.3. The maximum Gasteiger partial charge on any atom is 0.123 e. The molecule has 1 atom stereocenters. The van der Waals surface area contributed by atoms with Crippen molar-refractivity contribution in [2.75, 3.05) is 13.2 Å². The number of hydrogen-bond acceptors (Lipinski definition) is 2. The Morgan fingerprint density at radius 1 is 1.21 bits per heavy atom. The van der Waals surface area contributed by atoms with Crippen molar-refractivity contribution in [3.05, 3.63) is 35.6 Å². The van der Waals surface area contributed by atoms with Gasteiger partial charge < -0.3 is 10.1 Å². The van der Waals surface area contributed by atoms with Crippen LogP contribution in [0.2, 0.25) is 0 Å². The van der Waals surface area contributed by atoms with E-state index in [0.29, 0.717) is 6.61 Å². The van der Waals surface area contributed by atoms with E-state index in [1.807, 2.05) is 19.1 Å². The molecule has 0 fully saturated rings. The first-order chi connectivity index (χ1) is 8.99. The smallest absolute Gasteiger partial charge is 0.123 e. The van der Waals surface area contributed by atoms with Crippen LogP contribution in [0.25, 0.3) is 0 Å². The Labute approximate surface area is 116 Å². The number of hydrogen-bond donors (Lipinski definition) is 1. The fourth-order valence-corrected chi connectivity index (χ4v) is 2.21. The Morgan fingerprint density at radius 3 is 2.37 bits per heavy atom. The molecule has 0 amide bonds. The minimum atomic E-state index is -0.238. The highest BCUT2D eigenvalue weighted by atomic mass is 19.1. The largest absolute Gasteiger partial charge is 0.374 e. The molecule has 1 aromatic rings. The molecule has 0 aliphatic rings. The van der Waals surface area contributed by atoms with E-state index in [0.717, 1.165) is 24.9 Å². The van der Waals surface area contributed by atoms with Crippen LogP contribution in [-0.2, 0) is 11.2 Å². The number of benzene rings is 1. The van der Waals surface area contributed by atoms with Crippen LogP contribution in [0.4, 0.5) is 4.39 Å². The van der Waals surface area contributed by atoms with Crippen LogP contribution < -0.4 is 5.32 Å². The number of ether oxygens (including phenoxy) is 1. The molecule has 1 aromatic carbocycles. The van der Waals surface area contributed by atoms with Crippen molar-refractivity contribution < 1.29 is 9.13 Å². The quantitative estimate of drug-likeness (QED) is 0.777. The summed E-state index contributed by atoms with van der Waals surface area (Å²) in [4.78, 5) is 0.